The molecule has 31 heavy (non-hydrogen) atoms. The van der Waals surface area contributed by atoms with Gasteiger partial charge in [0, 0.05) is 28.6 Å². The van der Waals surface area contributed by atoms with Crippen LogP contribution in [0.2, 0.25) is 0 Å². The van der Waals surface area contributed by atoms with Crippen LogP contribution in [-0.4, -0.2) is 33.0 Å². The van der Waals surface area contributed by atoms with Gasteiger partial charge in [-0.15, -0.1) is 0 Å². The fourth-order valence-corrected chi connectivity index (χ4v) is 8.53. The van der Waals surface area contributed by atoms with Gasteiger partial charge in [-0.05, 0) is 67.8 Å². The Hall–Kier alpha value is -0.330. The van der Waals surface area contributed by atoms with E-state index in [0.717, 1.165) is 25.2 Å². The van der Waals surface area contributed by atoms with Gasteiger partial charge in [-0.1, -0.05) is 66.7 Å². The molecule has 0 amide bonds. The molecule has 3 saturated carbocycles. The zero-order valence-electron chi connectivity index (χ0n) is 19.5. The van der Waals surface area contributed by atoms with Crippen LogP contribution >= 0.6 is 22.6 Å². The molecule has 9 atom stereocenters. The third-order valence-electron chi connectivity index (χ3n) is 9.99. The maximum absolute atomic E-state index is 11.1. The highest BCUT2D eigenvalue weighted by Gasteiger charge is 2.63. The molecule has 0 unspecified atom stereocenters. The van der Waals surface area contributed by atoms with Crippen LogP contribution in [0.4, 0.5) is 0 Å². The number of ether oxygens (including phenoxy) is 1. The molecular formula is C27H39IO3. The van der Waals surface area contributed by atoms with E-state index in [0.29, 0.717) is 36.7 Å². The van der Waals surface area contributed by atoms with E-state index in [1.165, 1.54) is 34.2 Å². The van der Waals surface area contributed by atoms with Gasteiger partial charge in [-0.3, -0.25) is 0 Å². The van der Waals surface area contributed by atoms with Gasteiger partial charge < -0.3 is 14.9 Å². The fraction of sp³-hybridized carbons (Fsp3) is 0.778. The Labute approximate surface area is 201 Å². The van der Waals surface area contributed by atoms with Gasteiger partial charge in [0.15, 0.2) is 0 Å². The van der Waals surface area contributed by atoms with E-state index in [2.05, 4.69) is 62.4 Å². The first-order chi connectivity index (χ1) is 14.7. The van der Waals surface area contributed by atoms with Gasteiger partial charge in [0.05, 0.1) is 18.0 Å². The molecule has 1 aliphatic heterocycles. The zero-order valence-corrected chi connectivity index (χ0v) is 21.7. The highest BCUT2D eigenvalue weighted by molar-refractivity contribution is 14.1. The Morgan fingerprint density at radius 3 is 2.71 bits per heavy atom. The van der Waals surface area contributed by atoms with Gasteiger partial charge in [-0.25, -0.2) is 0 Å². The van der Waals surface area contributed by atoms with Crippen molar-refractivity contribution in [1.82, 2.24) is 0 Å². The summed E-state index contributed by atoms with van der Waals surface area (Å²) in [6.07, 6.45) is 11.1. The van der Waals surface area contributed by atoms with Crippen molar-refractivity contribution >= 4 is 22.6 Å². The molecule has 2 N–H and O–H groups in total. The second kappa shape index (κ2) is 7.87. The smallest absolute Gasteiger partial charge is 0.106 e. The van der Waals surface area contributed by atoms with Crippen molar-refractivity contribution in [3.05, 3.63) is 34.6 Å². The van der Waals surface area contributed by atoms with Crippen molar-refractivity contribution in [3.63, 3.8) is 0 Å². The SMILES string of the molecule is CC1=C(CC[C@@H](C)CI)O[C@H]2C[C@H]3C4=CC=C5C[C@@H](O)C[C@H](O)[C@]5(C)[C@H]4CC[C@]3(C)[C@@H]12. The average molecular weight is 539 g/mol. The number of hydrogen-bond acceptors (Lipinski definition) is 3. The number of aliphatic hydroxyl groups excluding tert-OH is 2. The second-order valence-corrected chi connectivity index (χ2v) is 12.6. The number of allylic oxidation sites excluding steroid dienone is 4. The monoisotopic (exact) mass is 538 g/mol. The molecule has 0 aromatic heterocycles. The molecule has 0 radical (unpaired) electrons. The molecule has 4 aliphatic carbocycles. The third-order valence-corrected chi connectivity index (χ3v) is 11.5. The van der Waals surface area contributed by atoms with E-state index in [-0.39, 0.29) is 10.8 Å². The van der Waals surface area contributed by atoms with Crippen LogP contribution in [0.25, 0.3) is 0 Å². The van der Waals surface area contributed by atoms with Crippen molar-refractivity contribution in [2.45, 2.75) is 91.0 Å². The molecule has 3 fully saturated rings. The topological polar surface area (TPSA) is 49.7 Å². The van der Waals surface area contributed by atoms with Gasteiger partial charge in [0.1, 0.15) is 6.10 Å². The fourth-order valence-electron chi connectivity index (χ4n) is 8.09. The molecule has 172 valence electrons. The van der Waals surface area contributed by atoms with Crippen LogP contribution in [0.1, 0.15) is 72.6 Å². The van der Waals surface area contributed by atoms with Crippen LogP contribution in [0.15, 0.2) is 34.6 Å². The number of hydrogen-bond donors (Lipinski definition) is 2. The lowest BCUT2D eigenvalue weighted by Gasteiger charge is -2.56. The molecule has 0 bridgehead atoms. The minimum Gasteiger partial charge on any atom is -0.494 e. The van der Waals surface area contributed by atoms with Crippen molar-refractivity contribution in [2.75, 3.05) is 4.43 Å². The van der Waals surface area contributed by atoms with Crippen LogP contribution < -0.4 is 0 Å². The summed E-state index contributed by atoms with van der Waals surface area (Å²) in [5.41, 5.74) is 4.38. The molecule has 1 heterocycles. The maximum Gasteiger partial charge on any atom is 0.106 e. The quantitative estimate of drug-likeness (QED) is 0.344. The Balaban J connectivity index is 1.43. The number of halogens is 1. The van der Waals surface area contributed by atoms with Crippen LogP contribution in [0.5, 0.6) is 0 Å². The lowest BCUT2D eigenvalue weighted by molar-refractivity contribution is -0.0519. The van der Waals surface area contributed by atoms with E-state index in [1.54, 1.807) is 5.57 Å². The van der Waals surface area contributed by atoms with Crippen molar-refractivity contribution < 1.29 is 14.9 Å². The Morgan fingerprint density at radius 2 is 1.97 bits per heavy atom. The maximum atomic E-state index is 11.1. The van der Waals surface area contributed by atoms with E-state index in [1.807, 2.05) is 0 Å². The summed E-state index contributed by atoms with van der Waals surface area (Å²) in [5.74, 6) is 3.52. The van der Waals surface area contributed by atoms with E-state index in [4.69, 9.17) is 4.74 Å². The first-order valence-corrected chi connectivity index (χ1v) is 13.9. The first kappa shape index (κ1) is 22.5. The lowest BCUT2D eigenvalue weighted by atomic mass is 9.49. The lowest BCUT2D eigenvalue weighted by Crippen LogP contribution is -2.52. The highest BCUT2D eigenvalue weighted by atomic mass is 127. The summed E-state index contributed by atoms with van der Waals surface area (Å²) in [4.78, 5) is 0. The Bertz CT molecular complexity index is 843. The minimum absolute atomic E-state index is 0.213. The summed E-state index contributed by atoms with van der Waals surface area (Å²) in [5, 5.41) is 21.3. The van der Waals surface area contributed by atoms with Gasteiger partial charge >= 0.3 is 0 Å². The van der Waals surface area contributed by atoms with Crippen molar-refractivity contribution in [3.8, 4) is 0 Å². The highest BCUT2D eigenvalue weighted by Crippen LogP contribution is 2.67. The molecule has 5 aliphatic rings. The second-order valence-electron chi connectivity index (χ2n) is 11.7. The Kier molecular flexibility index (Phi) is 5.70. The van der Waals surface area contributed by atoms with E-state index >= 15 is 0 Å². The molecule has 3 nitrogen and oxygen atoms in total. The summed E-state index contributed by atoms with van der Waals surface area (Å²) in [6, 6.07) is 0. The number of alkyl halides is 1. The predicted molar refractivity (Wildman–Crippen MR) is 133 cm³/mol. The minimum atomic E-state index is -0.453. The molecule has 0 aromatic carbocycles. The molecular weight excluding hydrogens is 499 g/mol. The predicted octanol–water partition coefficient (Wildman–Crippen LogP) is 5.95. The van der Waals surface area contributed by atoms with Crippen molar-refractivity contribution in [2.24, 2.45) is 34.5 Å². The standard InChI is InChI=1S/C27H39IO3/c1-15(14-28)5-8-22-16(2)25-23(31-22)13-21-19-7-6-17-11-18(29)12-24(30)27(17,4)20(19)9-10-26(21,25)3/h6-7,15,18,20-21,23-25,29-30H,5,8-14H2,1-4H3/t15-,18-,20+,21+,23+,24+,25+,26+,27+/m1/s1. The zero-order chi connectivity index (χ0) is 22.1. The van der Waals surface area contributed by atoms with Crippen molar-refractivity contribution in [1.29, 1.82) is 0 Å². The molecule has 5 rings (SSSR count). The van der Waals surface area contributed by atoms with Gasteiger partial charge in [0.2, 0.25) is 0 Å². The number of fused-ring (bicyclic) bond motifs is 7. The Morgan fingerprint density at radius 1 is 1.19 bits per heavy atom. The number of rotatable bonds is 4. The van der Waals surface area contributed by atoms with Crippen LogP contribution in [0.3, 0.4) is 0 Å². The van der Waals surface area contributed by atoms with E-state index in [9.17, 15) is 10.2 Å². The van der Waals surface area contributed by atoms with Crippen LogP contribution in [0, 0.1) is 34.5 Å². The average Bonchev–Trinajstić information content (AvgIpc) is 3.20. The molecule has 0 spiro atoms. The summed E-state index contributed by atoms with van der Waals surface area (Å²) in [7, 11) is 0. The van der Waals surface area contributed by atoms with Gasteiger partial charge in [0.25, 0.3) is 0 Å². The molecule has 0 aromatic rings. The summed E-state index contributed by atoms with van der Waals surface area (Å²) < 4.78 is 7.86. The molecule has 4 heteroatoms. The van der Waals surface area contributed by atoms with Crippen LogP contribution in [-0.2, 0) is 4.74 Å². The van der Waals surface area contributed by atoms with Gasteiger partial charge in [-0.2, -0.15) is 0 Å². The van der Waals surface area contributed by atoms with E-state index < -0.39 is 12.2 Å². The number of aliphatic hydroxyl groups is 2. The third kappa shape index (κ3) is 3.24. The summed E-state index contributed by atoms with van der Waals surface area (Å²) >= 11 is 2.49. The molecule has 0 saturated heterocycles. The first-order valence-electron chi connectivity index (χ1n) is 12.4. The summed E-state index contributed by atoms with van der Waals surface area (Å²) in [6.45, 7) is 9.47. The normalized spacial score (nSPS) is 46.9. The largest absolute Gasteiger partial charge is 0.494 e.